The third-order valence-corrected chi connectivity index (χ3v) is 6.70. The van der Waals surface area contributed by atoms with Crippen LogP contribution in [0.1, 0.15) is 28.4 Å². The summed E-state index contributed by atoms with van der Waals surface area (Å²) in [6.45, 7) is 10.3. The van der Waals surface area contributed by atoms with Gasteiger partial charge in [-0.2, -0.15) is 0 Å². The van der Waals surface area contributed by atoms with Crippen molar-refractivity contribution < 1.29 is 0 Å². The van der Waals surface area contributed by atoms with Gasteiger partial charge in [0.2, 0.25) is 5.13 Å². The summed E-state index contributed by atoms with van der Waals surface area (Å²) in [6, 6.07) is 0. The van der Waals surface area contributed by atoms with E-state index in [0.717, 1.165) is 24.7 Å². The molecule has 126 valence electrons. The lowest BCUT2D eigenvalue weighted by molar-refractivity contribution is 0.918. The SMILES string of the molecule is C=CCNc1nnc(S[C@H](C)c2nc3sc(C)c(C)c3c(=O)[nH]2)s1. The topological polar surface area (TPSA) is 83.6 Å². The van der Waals surface area contributed by atoms with Crippen molar-refractivity contribution in [1.29, 1.82) is 0 Å². The highest BCUT2D eigenvalue weighted by molar-refractivity contribution is 8.01. The lowest BCUT2D eigenvalue weighted by Crippen LogP contribution is -2.12. The van der Waals surface area contributed by atoms with E-state index in [9.17, 15) is 4.79 Å². The number of nitrogens with zero attached hydrogens (tertiary/aromatic N) is 3. The van der Waals surface area contributed by atoms with Crippen LogP contribution in [0.25, 0.3) is 10.2 Å². The summed E-state index contributed by atoms with van der Waals surface area (Å²) in [5.74, 6) is 0.662. The third-order valence-electron chi connectivity index (χ3n) is 3.52. The highest BCUT2D eigenvalue weighted by Crippen LogP contribution is 2.36. The second kappa shape index (κ2) is 7.04. The summed E-state index contributed by atoms with van der Waals surface area (Å²) in [4.78, 5) is 21.8. The van der Waals surface area contributed by atoms with Gasteiger partial charge in [0, 0.05) is 11.4 Å². The average Bonchev–Trinajstić information content (AvgIpc) is 3.10. The number of aryl methyl sites for hydroxylation is 2. The minimum absolute atomic E-state index is 0.0231. The Kier molecular flexibility index (Phi) is 5.02. The molecule has 2 N–H and O–H groups in total. The zero-order valence-electron chi connectivity index (χ0n) is 13.5. The van der Waals surface area contributed by atoms with Gasteiger partial charge in [-0.3, -0.25) is 4.79 Å². The number of thiophene rings is 1. The minimum Gasteiger partial charge on any atom is -0.357 e. The number of thioether (sulfide) groups is 1. The minimum atomic E-state index is -0.0742. The maximum Gasteiger partial charge on any atom is 0.259 e. The van der Waals surface area contributed by atoms with E-state index in [4.69, 9.17) is 0 Å². The van der Waals surface area contributed by atoms with Crippen LogP contribution in [-0.2, 0) is 0 Å². The molecule has 0 saturated carbocycles. The number of nitrogens with one attached hydrogen (secondary N) is 2. The van der Waals surface area contributed by atoms with Crippen molar-refractivity contribution in [3.05, 3.63) is 39.3 Å². The molecule has 0 fully saturated rings. The standard InChI is InChI=1S/C15H17N5OS3/c1-5-6-16-14-19-20-15(24-14)23-9(4)11-17-12(21)10-7(2)8(3)22-13(10)18-11/h5,9H,1,6H2,2-4H3,(H,16,19)(H,17,18,21)/t9-/m1/s1. The predicted molar refractivity (Wildman–Crippen MR) is 103 cm³/mol. The lowest BCUT2D eigenvalue weighted by atomic mass is 10.2. The molecule has 6 nitrogen and oxygen atoms in total. The van der Waals surface area contributed by atoms with Gasteiger partial charge in [-0.05, 0) is 26.3 Å². The third kappa shape index (κ3) is 3.38. The van der Waals surface area contributed by atoms with Crippen LogP contribution in [0.5, 0.6) is 0 Å². The summed E-state index contributed by atoms with van der Waals surface area (Å²) >= 11 is 4.56. The maximum absolute atomic E-state index is 12.4. The first-order valence-corrected chi connectivity index (χ1v) is 9.85. The Morgan fingerprint density at radius 1 is 1.38 bits per heavy atom. The van der Waals surface area contributed by atoms with Crippen LogP contribution in [0.3, 0.4) is 0 Å². The molecule has 0 bridgehead atoms. The lowest BCUT2D eigenvalue weighted by Gasteiger charge is -2.07. The Morgan fingerprint density at radius 3 is 2.92 bits per heavy atom. The van der Waals surface area contributed by atoms with Gasteiger partial charge in [-0.25, -0.2) is 4.98 Å². The van der Waals surface area contributed by atoms with E-state index < -0.39 is 0 Å². The summed E-state index contributed by atoms with van der Waals surface area (Å²) in [5.41, 5.74) is 0.938. The van der Waals surface area contributed by atoms with Crippen molar-refractivity contribution in [3.8, 4) is 0 Å². The number of aromatic nitrogens is 4. The Morgan fingerprint density at radius 2 is 2.17 bits per heavy atom. The van der Waals surface area contributed by atoms with Crippen molar-refractivity contribution in [2.75, 3.05) is 11.9 Å². The first-order chi connectivity index (χ1) is 11.5. The fraction of sp³-hybridized carbons (Fsp3) is 0.333. The molecule has 24 heavy (non-hydrogen) atoms. The predicted octanol–water partition coefficient (Wildman–Crippen LogP) is 3.90. The molecular weight excluding hydrogens is 362 g/mol. The van der Waals surface area contributed by atoms with Gasteiger partial charge in [0.05, 0.1) is 10.6 Å². The summed E-state index contributed by atoms with van der Waals surface area (Å²) < 4.78 is 0.829. The molecule has 0 aliphatic heterocycles. The fourth-order valence-electron chi connectivity index (χ4n) is 2.16. The monoisotopic (exact) mass is 379 g/mol. The second-order valence-corrected chi connectivity index (χ2v) is 8.99. The van der Waals surface area contributed by atoms with E-state index in [2.05, 4.69) is 32.1 Å². The number of anilines is 1. The molecule has 3 rings (SSSR count). The second-order valence-electron chi connectivity index (χ2n) is 5.22. The van der Waals surface area contributed by atoms with Crippen LogP contribution in [-0.4, -0.2) is 26.7 Å². The average molecular weight is 380 g/mol. The van der Waals surface area contributed by atoms with Gasteiger partial charge in [0.25, 0.3) is 5.56 Å². The van der Waals surface area contributed by atoms with Crippen LogP contribution >= 0.6 is 34.4 Å². The van der Waals surface area contributed by atoms with Crippen LogP contribution in [0.15, 0.2) is 21.8 Å². The van der Waals surface area contributed by atoms with Crippen LogP contribution in [0.4, 0.5) is 5.13 Å². The first-order valence-electron chi connectivity index (χ1n) is 7.34. The van der Waals surface area contributed by atoms with E-state index in [1.165, 1.54) is 23.1 Å². The van der Waals surface area contributed by atoms with E-state index in [1.54, 1.807) is 17.4 Å². The Hall–Kier alpha value is -1.71. The Labute approximate surface area is 151 Å². The molecule has 3 aromatic heterocycles. The van der Waals surface area contributed by atoms with Gasteiger partial charge in [0.1, 0.15) is 10.7 Å². The highest BCUT2D eigenvalue weighted by Gasteiger charge is 2.17. The number of H-pyrrole nitrogens is 1. The Balaban J connectivity index is 1.83. The van der Waals surface area contributed by atoms with E-state index in [1.807, 2.05) is 20.8 Å². The number of rotatable bonds is 6. The number of fused-ring (bicyclic) bond motifs is 1. The van der Waals surface area contributed by atoms with Gasteiger partial charge in [0.15, 0.2) is 4.34 Å². The van der Waals surface area contributed by atoms with Gasteiger partial charge < -0.3 is 10.3 Å². The van der Waals surface area contributed by atoms with Crippen molar-refractivity contribution >= 4 is 49.8 Å². The van der Waals surface area contributed by atoms with E-state index in [-0.39, 0.29) is 10.8 Å². The van der Waals surface area contributed by atoms with Gasteiger partial charge in [-0.1, -0.05) is 29.2 Å². The van der Waals surface area contributed by atoms with Crippen molar-refractivity contribution in [2.24, 2.45) is 0 Å². The summed E-state index contributed by atoms with van der Waals surface area (Å²) in [6.07, 6.45) is 1.77. The van der Waals surface area contributed by atoms with Crippen LogP contribution in [0.2, 0.25) is 0 Å². The number of hydrogen-bond acceptors (Lipinski definition) is 8. The smallest absolute Gasteiger partial charge is 0.259 e. The molecule has 0 aliphatic rings. The molecule has 3 aromatic rings. The van der Waals surface area contributed by atoms with Crippen molar-refractivity contribution in [3.63, 3.8) is 0 Å². The molecule has 0 aromatic carbocycles. The van der Waals surface area contributed by atoms with E-state index in [0.29, 0.717) is 17.8 Å². The number of aromatic amines is 1. The normalized spacial score (nSPS) is 12.5. The molecule has 0 saturated heterocycles. The Bertz CT molecular complexity index is 942. The molecule has 9 heteroatoms. The molecule has 3 heterocycles. The largest absolute Gasteiger partial charge is 0.357 e. The quantitative estimate of drug-likeness (QED) is 0.499. The van der Waals surface area contributed by atoms with Gasteiger partial charge >= 0.3 is 0 Å². The van der Waals surface area contributed by atoms with Crippen LogP contribution < -0.4 is 10.9 Å². The number of hydrogen-bond donors (Lipinski definition) is 2. The molecule has 0 amide bonds. The molecular formula is C15H17N5OS3. The molecule has 0 unspecified atom stereocenters. The fourth-order valence-corrected chi connectivity index (χ4v) is 5.16. The van der Waals surface area contributed by atoms with Crippen molar-refractivity contribution in [2.45, 2.75) is 30.4 Å². The molecule has 1 atom stereocenters. The zero-order chi connectivity index (χ0) is 17.3. The van der Waals surface area contributed by atoms with Crippen LogP contribution in [0, 0.1) is 13.8 Å². The van der Waals surface area contributed by atoms with Crippen molar-refractivity contribution in [1.82, 2.24) is 20.2 Å². The molecule has 0 radical (unpaired) electrons. The molecule has 0 aliphatic carbocycles. The maximum atomic E-state index is 12.4. The molecule has 0 spiro atoms. The first kappa shape index (κ1) is 17.1. The summed E-state index contributed by atoms with van der Waals surface area (Å²) in [5, 5.41) is 12.8. The van der Waals surface area contributed by atoms with Gasteiger partial charge in [-0.15, -0.1) is 28.1 Å². The highest BCUT2D eigenvalue weighted by atomic mass is 32.2. The summed E-state index contributed by atoms with van der Waals surface area (Å²) in [7, 11) is 0. The van der Waals surface area contributed by atoms with E-state index >= 15 is 0 Å². The zero-order valence-corrected chi connectivity index (χ0v) is 16.0.